The predicted molar refractivity (Wildman–Crippen MR) is 86.0 cm³/mol. The smallest absolute Gasteiger partial charge is 0.227 e. The number of aryl methyl sites for hydroxylation is 1. The molecule has 0 bridgehead atoms. The Morgan fingerprint density at radius 3 is 2.55 bits per heavy atom. The highest BCUT2D eigenvalue weighted by atomic mass is 16.5. The van der Waals surface area contributed by atoms with Crippen molar-refractivity contribution >= 4 is 17.5 Å². The standard InChI is InChI=1S/C17H24N2O3/c1-4-22-16-6-5-15(11-12(16)2)18-17(21)14-7-9-19(10-8-14)13(3)20/h5-6,11,14H,4,7-10H2,1-3H3,(H,18,21). The molecule has 1 N–H and O–H groups in total. The van der Waals surface area contributed by atoms with Crippen molar-refractivity contribution in [2.75, 3.05) is 25.0 Å². The Labute approximate surface area is 131 Å². The van der Waals surface area contributed by atoms with E-state index in [0.717, 1.165) is 29.8 Å². The van der Waals surface area contributed by atoms with Crippen LogP contribution in [-0.2, 0) is 9.59 Å². The minimum Gasteiger partial charge on any atom is -0.494 e. The molecule has 0 aromatic heterocycles. The molecular formula is C17H24N2O3. The van der Waals surface area contributed by atoms with Gasteiger partial charge in [0, 0.05) is 31.6 Å². The summed E-state index contributed by atoms with van der Waals surface area (Å²) in [4.78, 5) is 25.4. The summed E-state index contributed by atoms with van der Waals surface area (Å²) < 4.78 is 5.50. The van der Waals surface area contributed by atoms with Crippen LogP contribution in [0.5, 0.6) is 5.75 Å². The number of hydrogen-bond acceptors (Lipinski definition) is 3. The molecule has 5 heteroatoms. The Hall–Kier alpha value is -2.04. The maximum Gasteiger partial charge on any atom is 0.227 e. The van der Waals surface area contributed by atoms with Crippen molar-refractivity contribution in [1.82, 2.24) is 4.90 Å². The van der Waals surface area contributed by atoms with Gasteiger partial charge in [-0.3, -0.25) is 9.59 Å². The summed E-state index contributed by atoms with van der Waals surface area (Å²) in [6, 6.07) is 5.67. The molecule has 1 aromatic rings. The van der Waals surface area contributed by atoms with Gasteiger partial charge in [-0.15, -0.1) is 0 Å². The van der Waals surface area contributed by atoms with Crippen molar-refractivity contribution in [3.63, 3.8) is 0 Å². The van der Waals surface area contributed by atoms with Gasteiger partial charge >= 0.3 is 0 Å². The molecule has 5 nitrogen and oxygen atoms in total. The van der Waals surface area contributed by atoms with Crippen molar-refractivity contribution in [3.8, 4) is 5.75 Å². The molecule has 0 spiro atoms. The first kappa shape index (κ1) is 16.3. The number of anilines is 1. The number of rotatable bonds is 4. The Kier molecular flexibility index (Phi) is 5.41. The van der Waals surface area contributed by atoms with Crippen LogP contribution in [-0.4, -0.2) is 36.4 Å². The van der Waals surface area contributed by atoms with Crippen molar-refractivity contribution in [2.24, 2.45) is 5.92 Å². The van der Waals surface area contributed by atoms with Gasteiger partial charge in [0.15, 0.2) is 0 Å². The Balaban J connectivity index is 1.92. The van der Waals surface area contributed by atoms with Crippen LogP contribution < -0.4 is 10.1 Å². The maximum atomic E-state index is 12.3. The van der Waals surface area contributed by atoms with E-state index in [1.165, 1.54) is 0 Å². The van der Waals surface area contributed by atoms with E-state index >= 15 is 0 Å². The molecule has 1 saturated heterocycles. The first-order chi connectivity index (χ1) is 10.5. The molecule has 1 aromatic carbocycles. The molecule has 0 unspecified atom stereocenters. The minimum atomic E-state index is -0.0255. The van der Waals surface area contributed by atoms with Crippen molar-refractivity contribution < 1.29 is 14.3 Å². The third kappa shape index (κ3) is 4.00. The van der Waals surface area contributed by atoms with Crippen LogP contribution in [0.1, 0.15) is 32.3 Å². The van der Waals surface area contributed by atoms with E-state index < -0.39 is 0 Å². The number of piperidine rings is 1. The minimum absolute atomic E-state index is 0.0255. The van der Waals surface area contributed by atoms with Gasteiger partial charge in [-0.1, -0.05) is 0 Å². The van der Waals surface area contributed by atoms with Crippen molar-refractivity contribution in [2.45, 2.75) is 33.6 Å². The zero-order chi connectivity index (χ0) is 16.1. The van der Waals surface area contributed by atoms with E-state index in [9.17, 15) is 9.59 Å². The number of likely N-dealkylation sites (tertiary alicyclic amines) is 1. The molecule has 0 aliphatic carbocycles. The molecule has 1 fully saturated rings. The van der Waals surface area contributed by atoms with Gasteiger partial charge in [-0.2, -0.15) is 0 Å². The van der Waals surface area contributed by atoms with Gasteiger partial charge in [0.2, 0.25) is 11.8 Å². The lowest BCUT2D eigenvalue weighted by molar-refractivity contribution is -0.132. The highest BCUT2D eigenvalue weighted by Gasteiger charge is 2.26. The number of hydrogen-bond donors (Lipinski definition) is 1. The van der Waals surface area contributed by atoms with Crippen LogP contribution in [0.3, 0.4) is 0 Å². The van der Waals surface area contributed by atoms with Crippen LogP contribution in [0.25, 0.3) is 0 Å². The van der Waals surface area contributed by atoms with E-state index in [1.807, 2.05) is 32.0 Å². The van der Waals surface area contributed by atoms with E-state index in [4.69, 9.17) is 4.74 Å². The summed E-state index contributed by atoms with van der Waals surface area (Å²) in [5.41, 5.74) is 1.80. The third-order valence-electron chi connectivity index (χ3n) is 4.05. The van der Waals surface area contributed by atoms with Gasteiger partial charge in [0.1, 0.15) is 5.75 Å². The maximum absolute atomic E-state index is 12.3. The molecule has 0 radical (unpaired) electrons. The van der Waals surface area contributed by atoms with Gasteiger partial charge in [-0.25, -0.2) is 0 Å². The number of carbonyl (C=O) groups is 2. The SMILES string of the molecule is CCOc1ccc(NC(=O)C2CCN(C(C)=O)CC2)cc1C. The van der Waals surface area contributed by atoms with Crippen LogP contribution in [0.15, 0.2) is 18.2 Å². The van der Waals surface area contributed by atoms with Gasteiger partial charge in [0.25, 0.3) is 0 Å². The zero-order valence-corrected chi connectivity index (χ0v) is 13.5. The fourth-order valence-corrected chi connectivity index (χ4v) is 2.75. The number of nitrogens with zero attached hydrogens (tertiary/aromatic N) is 1. The van der Waals surface area contributed by atoms with Crippen LogP contribution in [0.4, 0.5) is 5.69 Å². The highest BCUT2D eigenvalue weighted by molar-refractivity contribution is 5.93. The topological polar surface area (TPSA) is 58.6 Å². The molecule has 1 aliphatic rings. The van der Waals surface area contributed by atoms with E-state index in [-0.39, 0.29) is 17.7 Å². The monoisotopic (exact) mass is 304 g/mol. The lowest BCUT2D eigenvalue weighted by Crippen LogP contribution is -2.40. The number of benzene rings is 1. The summed E-state index contributed by atoms with van der Waals surface area (Å²) in [6.45, 7) is 7.43. The highest BCUT2D eigenvalue weighted by Crippen LogP contribution is 2.24. The van der Waals surface area contributed by atoms with Crippen molar-refractivity contribution in [3.05, 3.63) is 23.8 Å². The fourth-order valence-electron chi connectivity index (χ4n) is 2.75. The quantitative estimate of drug-likeness (QED) is 0.930. The van der Waals surface area contributed by atoms with E-state index in [1.54, 1.807) is 11.8 Å². The number of carbonyl (C=O) groups excluding carboxylic acids is 2. The van der Waals surface area contributed by atoms with Crippen LogP contribution in [0, 0.1) is 12.8 Å². The predicted octanol–water partition coefficient (Wildman–Crippen LogP) is 2.59. The number of amides is 2. The molecule has 2 amide bonds. The molecule has 2 rings (SSSR count). The van der Waals surface area contributed by atoms with Gasteiger partial charge in [-0.05, 0) is 50.5 Å². The molecule has 22 heavy (non-hydrogen) atoms. The summed E-state index contributed by atoms with van der Waals surface area (Å²) in [5, 5.41) is 2.97. The summed E-state index contributed by atoms with van der Waals surface area (Å²) in [5.74, 6) is 0.936. The first-order valence-electron chi connectivity index (χ1n) is 7.81. The molecule has 1 aliphatic heterocycles. The van der Waals surface area contributed by atoms with E-state index in [2.05, 4.69) is 5.32 Å². The summed E-state index contributed by atoms with van der Waals surface area (Å²) in [7, 11) is 0. The lowest BCUT2D eigenvalue weighted by atomic mass is 9.95. The Bertz CT molecular complexity index is 549. The Morgan fingerprint density at radius 1 is 1.32 bits per heavy atom. The second-order valence-electron chi connectivity index (χ2n) is 5.68. The van der Waals surface area contributed by atoms with E-state index in [0.29, 0.717) is 19.7 Å². The molecule has 120 valence electrons. The van der Waals surface area contributed by atoms with Crippen LogP contribution in [0.2, 0.25) is 0 Å². The van der Waals surface area contributed by atoms with Gasteiger partial charge in [0.05, 0.1) is 6.61 Å². The molecule has 0 saturated carbocycles. The molecule has 1 heterocycles. The normalized spacial score (nSPS) is 15.5. The lowest BCUT2D eigenvalue weighted by Gasteiger charge is -2.30. The number of ether oxygens (including phenoxy) is 1. The largest absolute Gasteiger partial charge is 0.494 e. The average Bonchev–Trinajstić information content (AvgIpc) is 2.50. The second-order valence-corrected chi connectivity index (χ2v) is 5.68. The zero-order valence-electron chi connectivity index (χ0n) is 13.5. The fraction of sp³-hybridized carbons (Fsp3) is 0.529. The number of nitrogens with one attached hydrogen (secondary N) is 1. The second kappa shape index (κ2) is 7.29. The van der Waals surface area contributed by atoms with Gasteiger partial charge < -0.3 is 15.0 Å². The summed E-state index contributed by atoms with van der Waals surface area (Å²) >= 11 is 0. The molecule has 0 atom stereocenters. The summed E-state index contributed by atoms with van der Waals surface area (Å²) in [6.07, 6.45) is 1.45. The third-order valence-corrected chi connectivity index (χ3v) is 4.05. The first-order valence-corrected chi connectivity index (χ1v) is 7.81. The van der Waals surface area contributed by atoms with Crippen LogP contribution >= 0.6 is 0 Å². The van der Waals surface area contributed by atoms with Crippen molar-refractivity contribution in [1.29, 1.82) is 0 Å². The average molecular weight is 304 g/mol. The molecular weight excluding hydrogens is 280 g/mol. The Morgan fingerprint density at radius 2 is 2.00 bits per heavy atom.